The maximum absolute atomic E-state index is 12.4. The third-order valence-electron chi connectivity index (χ3n) is 4.96. The fourth-order valence-corrected chi connectivity index (χ4v) is 3.90. The van der Waals surface area contributed by atoms with Crippen molar-refractivity contribution in [1.29, 1.82) is 0 Å². The Bertz CT molecular complexity index is 1300. The lowest BCUT2D eigenvalue weighted by Crippen LogP contribution is -2.05. The van der Waals surface area contributed by atoms with E-state index in [2.05, 4.69) is 20.9 Å². The molecule has 0 radical (unpaired) electrons. The summed E-state index contributed by atoms with van der Waals surface area (Å²) in [6.07, 6.45) is 2.29. The van der Waals surface area contributed by atoms with Crippen LogP contribution in [-0.4, -0.2) is 30.5 Å². The summed E-state index contributed by atoms with van der Waals surface area (Å²) in [5.74, 6) is 0.394. The van der Waals surface area contributed by atoms with E-state index in [0.29, 0.717) is 33.7 Å². The summed E-state index contributed by atoms with van der Waals surface area (Å²) in [7, 11) is 1.53. The standard InChI is InChI=1S/C25H19BrN2O6/c1-32-22-14-17(12-20(26)23(22)33-11-10-16-6-3-2-4-7-16)13-21-25(29)34-24(27-21)18-8-5-9-19(15-18)28(30)31/h2-9,12-15H,10-11H2,1H3/b21-13-. The Balaban J connectivity index is 1.55. The van der Waals surface area contributed by atoms with Crippen LogP contribution in [0.3, 0.4) is 0 Å². The van der Waals surface area contributed by atoms with E-state index < -0.39 is 10.9 Å². The molecule has 9 heteroatoms. The van der Waals surface area contributed by atoms with Crippen molar-refractivity contribution in [3.8, 4) is 11.5 Å². The molecule has 1 aliphatic rings. The molecule has 0 amide bonds. The van der Waals surface area contributed by atoms with Crippen LogP contribution in [0.5, 0.6) is 11.5 Å². The summed E-state index contributed by atoms with van der Waals surface area (Å²) < 4.78 is 17.3. The SMILES string of the molecule is COc1cc(/C=C2\N=C(c3cccc([N+](=O)[O-])c3)OC2=O)cc(Br)c1OCCc1ccccc1. The number of methoxy groups -OCH3 is 1. The summed E-state index contributed by atoms with van der Waals surface area (Å²) in [5.41, 5.74) is 2.08. The normalized spacial score (nSPS) is 14.0. The van der Waals surface area contributed by atoms with Gasteiger partial charge in [-0.25, -0.2) is 9.79 Å². The largest absolute Gasteiger partial charge is 0.493 e. The van der Waals surface area contributed by atoms with Crippen molar-refractivity contribution in [2.24, 2.45) is 4.99 Å². The highest BCUT2D eigenvalue weighted by molar-refractivity contribution is 9.10. The lowest BCUT2D eigenvalue weighted by atomic mass is 10.1. The molecular weight excluding hydrogens is 504 g/mol. The first-order chi connectivity index (χ1) is 16.4. The summed E-state index contributed by atoms with van der Waals surface area (Å²) in [6, 6.07) is 19.2. The Morgan fingerprint density at radius 2 is 1.91 bits per heavy atom. The zero-order valence-electron chi connectivity index (χ0n) is 18.1. The van der Waals surface area contributed by atoms with Gasteiger partial charge in [0, 0.05) is 24.1 Å². The number of nitrogens with zero attached hydrogens (tertiary/aromatic N) is 2. The van der Waals surface area contributed by atoms with Gasteiger partial charge in [-0.1, -0.05) is 36.4 Å². The Morgan fingerprint density at radius 3 is 2.65 bits per heavy atom. The minimum absolute atomic E-state index is 0.00634. The van der Waals surface area contributed by atoms with Crippen LogP contribution < -0.4 is 9.47 Å². The van der Waals surface area contributed by atoms with E-state index in [4.69, 9.17) is 14.2 Å². The molecule has 0 unspecified atom stereocenters. The lowest BCUT2D eigenvalue weighted by molar-refractivity contribution is -0.384. The molecule has 0 bridgehead atoms. The monoisotopic (exact) mass is 522 g/mol. The number of carbonyl (C=O) groups excluding carboxylic acids is 1. The average Bonchev–Trinajstić information content (AvgIpc) is 3.21. The molecule has 0 saturated heterocycles. The topological polar surface area (TPSA) is 100 Å². The van der Waals surface area contributed by atoms with Crippen LogP contribution in [-0.2, 0) is 16.0 Å². The second kappa shape index (κ2) is 10.3. The molecule has 34 heavy (non-hydrogen) atoms. The molecule has 3 aromatic carbocycles. The third kappa shape index (κ3) is 5.32. The van der Waals surface area contributed by atoms with Gasteiger partial charge in [0.25, 0.3) is 5.69 Å². The van der Waals surface area contributed by atoms with Gasteiger partial charge in [0.15, 0.2) is 17.2 Å². The molecule has 1 aliphatic heterocycles. The molecule has 1 heterocycles. The van der Waals surface area contributed by atoms with E-state index in [-0.39, 0.29) is 17.3 Å². The van der Waals surface area contributed by atoms with Crippen LogP contribution in [0, 0.1) is 10.1 Å². The Hall–Kier alpha value is -3.98. The Morgan fingerprint density at radius 1 is 1.12 bits per heavy atom. The van der Waals surface area contributed by atoms with Gasteiger partial charge in [0.1, 0.15) is 0 Å². The van der Waals surface area contributed by atoms with E-state index in [1.165, 1.54) is 25.3 Å². The number of esters is 1. The number of nitro benzene ring substituents is 1. The number of halogens is 1. The molecule has 0 saturated carbocycles. The number of carbonyl (C=O) groups is 1. The third-order valence-corrected chi connectivity index (χ3v) is 5.55. The fraction of sp³-hybridized carbons (Fsp3) is 0.120. The van der Waals surface area contributed by atoms with Crippen molar-refractivity contribution in [1.82, 2.24) is 0 Å². The van der Waals surface area contributed by atoms with Crippen molar-refractivity contribution in [3.05, 3.63) is 104 Å². The zero-order chi connectivity index (χ0) is 24.1. The molecule has 0 fully saturated rings. The zero-order valence-corrected chi connectivity index (χ0v) is 19.7. The highest BCUT2D eigenvalue weighted by Crippen LogP contribution is 2.37. The number of nitro groups is 1. The van der Waals surface area contributed by atoms with E-state index in [9.17, 15) is 14.9 Å². The molecule has 0 aliphatic carbocycles. The number of hydrogen-bond donors (Lipinski definition) is 0. The molecule has 4 rings (SSSR count). The first-order valence-electron chi connectivity index (χ1n) is 10.3. The fourth-order valence-electron chi connectivity index (χ4n) is 3.32. The van der Waals surface area contributed by atoms with Gasteiger partial charge in [-0.05, 0) is 51.3 Å². The number of hydrogen-bond acceptors (Lipinski definition) is 7. The van der Waals surface area contributed by atoms with Crippen LogP contribution in [0.4, 0.5) is 5.69 Å². The number of non-ortho nitro benzene ring substituents is 1. The number of ether oxygens (including phenoxy) is 3. The second-order valence-corrected chi connectivity index (χ2v) is 8.12. The summed E-state index contributed by atoms with van der Waals surface area (Å²) in [6.45, 7) is 0.461. The van der Waals surface area contributed by atoms with Gasteiger partial charge in [-0.3, -0.25) is 10.1 Å². The predicted octanol–water partition coefficient (Wildman–Crippen LogP) is 5.33. The van der Waals surface area contributed by atoms with Crippen LogP contribution in [0.2, 0.25) is 0 Å². The number of benzene rings is 3. The van der Waals surface area contributed by atoms with E-state index in [1.54, 1.807) is 24.3 Å². The maximum atomic E-state index is 12.4. The minimum Gasteiger partial charge on any atom is -0.493 e. The van der Waals surface area contributed by atoms with Gasteiger partial charge in [0.05, 0.1) is 23.1 Å². The Labute approximate surface area is 203 Å². The number of cyclic esters (lactones) is 1. The van der Waals surface area contributed by atoms with Gasteiger partial charge < -0.3 is 14.2 Å². The van der Waals surface area contributed by atoms with E-state index in [1.807, 2.05) is 30.3 Å². The molecule has 172 valence electrons. The van der Waals surface area contributed by atoms with Crippen molar-refractivity contribution < 1.29 is 23.9 Å². The van der Waals surface area contributed by atoms with Crippen LogP contribution in [0.25, 0.3) is 6.08 Å². The summed E-state index contributed by atoms with van der Waals surface area (Å²) in [4.78, 5) is 27.1. The van der Waals surface area contributed by atoms with Crippen LogP contribution >= 0.6 is 15.9 Å². The van der Waals surface area contributed by atoms with Crippen molar-refractivity contribution in [2.45, 2.75) is 6.42 Å². The highest BCUT2D eigenvalue weighted by atomic mass is 79.9. The van der Waals surface area contributed by atoms with E-state index in [0.717, 1.165) is 12.0 Å². The lowest BCUT2D eigenvalue weighted by Gasteiger charge is -2.13. The molecule has 0 spiro atoms. The molecule has 8 nitrogen and oxygen atoms in total. The van der Waals surface area contributed by atoms with Crippen LogP contribution in [0.15, 0.2) is 81.9 Å². The minimum atomic E-state index is -0.653. The van der Waals surface area contributed by atoms with Gasteiger partial charge in [0.2, 0.25) is 5.90 Å². The average molecular weight is 523 g/mol. The molecule has 0 atom stereocenters. The van der Waals surface area contributed by atoms with Crippen molar-refractivity contribution in [2.75, 3.05) is 13.7 Å². The molecule has 3 aromatic rings. The summed E-state index contributed by atoms with van der Waals surface area (Å²) in [5, 5.41) is 11.0. The second-order valence-electron chi connectivity index (χ2n) is 7.26. The maximum Gasteiger partial charge on any atom is 0.363 e. The van der Waals surface area contributed by atoms with Crippen molar-refractivity contribution >= 4 is 39.6 Å². The molecule has 0 N–H and O–H groups in total. The highest BCUT2D eigenvalue weighted by Gasteiger charge is 2.25. The smallest absolute Gasteiger partial charge is 0.363 e. The number of aliphatic imine (C=N–C) groups is 1. The first-order valence-corrected chi connectivity index (χ1v) is 11.1. The quantitative estimate of drug-likeness (QED) is 0.171. The molecular formula is C25H19BrN2O6. The number of rotatable bonds is 8. The first kappa shape index (κ1) is 23.2. The van der Waals surface area contributed by atoms with Crippen LogP contribution in [0.1, 0.15) is 16.7 Å². The van der Waals surface area contributed by atoms with Gasteiger partial charge in [-0.15, -0.1) is 0 Å². The van der Waals surface area contributed by atoms with Gasteiger partial charge >= 0.3 is 5.97 Å². The van der Waals surface area contributed by atoms with Crippen molar-refractivity contribution in [3.63, 3.8) is 0 Å². The van der Waals surface area contributed by atoms with E-state index >= 15 is 0 Å². The summed E-state index contributed by atoms with van der Waals surface area (Å²) >= 11 is 3.51. The van der Waals surface area contributed by atoms with Gasteiger partial charge in [-0.2, -0.15) is 0 Å². The predicted molar refractivity (Wildman–Crippen MR) is 130 cm³/mol. The molecule has 0 aromatic heterocycles. The Kier molecular flexibility index (Phi) is 7.03.